The molecule has 1 aromatic rings. The highest BCUT2D eigenvalue weighted by Crippen LogP contribution is 2.27. The summed E-state index contributed by atoms with van der Waals surface area (Å²) in [6, 6.07) is 2.59. The highest BCUT2D eigenvalue weighted by atomic mass is 16.6. The van der Waals surface area contributed by atoms with Crippen molar-refractivity contribution in [2.75, 3.05) is 6.54 Å². The molecule has 8 nitrogen and oxygen atoms in total. The molecule has 0 aromatic heterocycles. The van der Waals surface area contributed by atoms with E-state index in [2.05, 4.69) is 0 Å². The van der Waals surface area contributed by atoms with Crippen LogP contribution in [-0.4, -0.2) is 16.4 Å². The molecule has 1 atom stereocenters. The minimum absolute atomic E-state index is 0.0264. The van der Waals surface area contributed by atoms with Crippen LogP contribution in [0.15, 0.2) is 18.2 Å². The van der Waals surface area contributed by atoms with Gasteiger partial charge in [-0.25, -0.2) is 0 Å². The van der Waals surface area contributed by atoms with Crippen LogP contribution in [0.1, 0.15) is 11.6 Å². The van der Waals surface area contributed by atoms with Gasteiger partial charge in [-0.1, -0.05) is 0 Å². The van der Waals surface area contributed by atoms with E-state index in [1.165, 1.54) is 6.07 Å². The largest absolute Gasteiger partial charge is 0.329 e. The van der Waals surface area contributed by atoms with Crippen molar-refractivity contribution < 1.29 is 9.85 Å². The molecule has 1 rings (SSSR count). The highest BCUT2D eigenvalue weighted by Gasteiger charge is 2.22. The molecule has 1 aromatic carbocycles. The van der Waals surface area contributed by atoms with Crippen LogP contribution in [0, 0.1) is 20.2 Å². The smallest absolute Gasteiger partial charge is 0.281 e. The first kappa shape index (κ1) is 12.0. The third kappa shape index (κ3) is 2.30. The lowest BCUT2D eigenvalue weighted by atomic mass is 10.1. The molecule has 0 aliphatic carbocycles. The monoisotopic (exact) mass is 226 g/mol. The number of nitrogens with zero attached hydrogens (tertiary/aromatic N) is 2. The topological polar surface area (TPSA) is 138 Å². The van der Waals surface area contributed by atoms with Gasteiger partial charge in [-0.05, 0) is 6.07 Å². The summed E-state index contributed by atoms with van der Waals surface area (Å²) in [4.78, 5) is 19.7. The van der Waals surface area contributed by atoms with Gasteiger partial charge in [-0.2, -0.15) is 0 Å². The van der Waals surface area contributed by atoms with E-state index < -0.39 is 15.9 Å². The Labute approximate surface area is 90.1 Å². The van der Waals surface area contributed by atoms with Crippen LogP contribution < -0.4 is 11.5 Å². The van der Waals surface area contributed by atoms with Crippen LogP contribution >= 0.6 is 0 Å². The van der Waals surface area contributed by atoms with Gasteiger partial charge in [-0.15, -0.1) is 0 Å². The molecule has 0 radical (unpaired) electrons. The molecule has 0 fully saturated rings. The van der Waals surface area contributed by atoms with E-state index >= 15 is 0 Å². The summed E-state index contributed by atoms with van der Waals surface area (Å²) in [6.07, 6.45) is 0. The van der Waals surface area contributed by atoms with E-state index in [0.29, 0.717) is 0 Å². The minimum Gasteiger partial charge on any atom is -0.329 e. The molecule has 0 spiro atoms. The van der Waals surface area contributed by atoms with Crippen LogP contribution in [0.4, 0.5) is 11.4 Å². The van der Waals surface area contributed by atoms with Gasteiger partial charge in [0.15, 0.2) is 0 Å². The molecule has 16 heavy (non-hydrogen) atoms. The van der Waals surface area contributed by atoms with E-state index in [1.807, 2.05) is 0 Å². The fraction of sp³-hybridized carbons (Fsp3) is 0.250. The van der Waals surface area contributed by atoms with Gasteiger partial charge in [-0.3, -0.25) is 20.2 Å². The summed E-state index contributed by atoms with van der Waals surface area (Å²) in [5.41, 5.74) is 10.3. The maximum atomic E-state index is 10.7. The number of nitrogens with two attached hydrogens (primary N) is 2. The SMILES string of the molecule is NCC(N)c1ccc([N+](=O)[O-])cc1[N+](=O)[O-]. The number of benzene rings is 1. The number of nitro benzene ring substituents is 2. The van der Waals surface area contributed by atoms with Gasteiger partial charge in [0.25, 0.3) is 11.4 Å². The summed E-state index contributed by atoms with van der Waals surface area (Å²) in [7, 11) is 0. The van der Waals surface area contributed by atoms with E-state index in [1.54, 1.807) is 0 Å². The van der Waals surface area contributed by atoms with Crippen LogP contribution in [-0.2, 0) is 0 Å². The van der Waals surface area contributed by atoms with Crippen molar-refractivity contribution in [2.24, 2.45) is 11.5 Å². The number of non-ortho nitro benzene ring substituents is 1. The van der Waals surface area contributed by atoms with E-state index in [9.17, 15) is 20.2 Å². The molecule has 0 saturated heterocycles. The second-order valence-electron chi connectivity index (χ2n) is 3.10. The highest BCUT2D eigenvalue weighted by molar-refractivity contribution is 5.50. The molecule has 1 unspecified atom stereocenters. The molecule has 8 heteroatoms. The van der Waals surface area contributed by atoms with Gasteiger partial charge < -0.3 is 11.5 Å². The molecule has 0 aliphatic heterocycles. The van der Waals surface area contributed by atoms with Crippen LogP contribution in [0.3, 0.4) is 0 Å². The molecule has 86 valence electrons. The fourth-order valence-corrected chi connectivity index (χ4v) is 1.24. The van der Waals surface area contributed by atoms with Gasteiger partial charge in [0.2, 0.25) is 0 Å². The van der Waals surface area contributed by atoms with Crippen molar-refractivity contribution in [1.29, 1.82) is 0 Å². The van der Waals surface area contributed by atoms with Crippen LogP contribution in [0.25, 0.3) is 0 Å². The Morgan fingerprint density at radius 2 is 1.88 bits per heavy atom. The molecule has 0 saturated carbocycles. The normalized spacial score (nSPS) is 12.1. The lowest BCUT2D eigenvalue weighted by Crippen LogP contribution is -2.21. The second kappa shape index (κ2) is 4.64. The quantitative estimate of drug-likeness (QED) is 0.564. The van der Waals surface area contributed by atoms with Crippen molar-refractivity contribution >= 4 is 11.4 Å². The third-order valence-corrected chi connectivity index (χ3v) is 2.07. The molecule has 0 bridgehead atoms. The number of nitro groups is 2. The fourth-order valence-electron chi connectivity index (χ4n) is 1.24. The maximum absolute atomic E-state index is 10.7. The predicted molar refractivity (Wildman–Crippen MR) is 55.7 cm³/mol. The van der Waals surface area contributed by atoms with Crippen molar-refractivity contribution in [3.05, 3.63) is 44.0 Å². The molecule has 0 amide bonds. The Bertz CT molecular complexity index is 434. The van der Waals surface area contributed by atoms with E-state index in [-0.39, 0.29) is 23.5 Å². The first-order chi connectivity index (χ1) is 7.47. The van der Waals surface area contributed by atoms with Crippen molar-refractivity contribution in [3.8, 4) is 0 Å². The van der Waals surface area contributed by atoms with Gasteiger partial charge in [0.1, 0.15) is 0 Å². The van der Waals surface area contributed by atoms with E-state index in [4.69, 9.17) is 11.5 Å². The third-order valence-electron chi connectivity index (χ3n) is 2.07. The van der Waals surface area contributed by atoms with Gasteiger partial charge >= 0.3 is 0 Å². The number of rotatable bonds is 4. The Hall–Kier alpha value is -2.06. The average Bonchev–Trinajstić information content (AvgIpc) is 2.26. The van der Waals surface area contributed by atoms with Gasteiger partial charge in [0, 0.05) is 24.2 Å². The first-order valence-corrected chi connectivity index (χ1v) is 4.35. The second-order valence-corrected chi connectivity index (χ2v) is 3.10. The minimum atomic E-state index is -0.710. The molecular weight excluding hydrogens is 216 g/mol. The summed E-state index contributed by atoms with van der Waals surface area (Å²) in [5, 5.41) is 21.2. The summed E-state index contributed by atoms with van der Waals surface area (Å²) in [5.74, 6) is 0. The Kier molecular flexibility index (Phi) is 3.48. The van der Waals surface area contributed by atoms with Crippen LogP contribution in [0.5, 0.6) is 0 Å². The lowest BCUT2D eigenvalue weighted by molar-refractivity contribution is -0.394. The van der Waals surface area contributed by atoms with Crippen molar-refractivity contribution in [2.45, 2.75) is 6.04 Å². The van der Waals surface area contributed by atoms with Gasteiger partial charge in [0.05, 0.1) is 15.9 Å². The zero-order valence-corrected chi connectivity index (χ0v) is 8.20. The number of hydrogen-bond donors (Lipinski definition) is 2. The maximum Gasteiger partial charge on any atom is 0.281 e. The number of hydrogen-bond acceptors (Lipinski definition) is 6. The Balaban J connectivity index is 3.30. The molecule has 0 aliphatic rings. The lowest BCUT2D eigenvalue weighted by Gasteiger charge is -2.08. The van der Waals surface area contributed by atoms with Crippen molar-refractivity contribution in [3.63, 3.8) is 0 Å². The predicted octanol–water partition coefficient (Wildman–Crippen LogP) is 0.462. The van der Waals surface area contributed by atoms with E-state index in [0.717, 1.165) is 12.1 Å². The molecular formula is C8H10N4O4. The Morgan fingerprint density at radius 1 is 1.25 bits per heavy atom. The summed E-state index contributed by atoms with van der Waals surface area (Å²) < 4.78 is 0. The molecule has 0 heterocycles. The average molecular weight is 226 g/mol. The van der Waals surface area contributed by atoms with Crippen LogP contribution in [0.2, 0.25) is 0 Å². The summed E-state index contributed by atoms with van der Waals surface area (Å²) in [6.45, 7) is 0.0264. The first-order valence-electron chi connectivity index (χ1n) is 4.35. The summed E-state index contributed by atoms with van der Waals surface area (Å²) >= 11 is 0. The standard InChI is InChI=1S/C8H10N4O4/c9-4-7(10)6-2-1-5(11(13)14)3-8(6)12(15)16/h1-3,7H,4,9-10H2. The zero-order chi connectivity index (χ0) is 12.3. The zero-order valence-electron chi connectivity index (χ0n) is 8.20. The van der Waals surface area contributed by atoms with Crippen molar-refractivity contribution in [1.82, 2.24) is 0 Å². The Morgan fingerprint density at radius 3 is 2.31 bits per heavy atom. The molecule has 4 N–H and O–H groups in total.